The molecule has 0 aliphatic rings. The van der Waals surface area contributed by atoms with Gasteiger partial charge in [0, 0.05) is 13.6 Å². The van der Waals surface area contributed by atoms with Gasteiger partial charge in [0.2, 0.25) is 0 Å². The van der Waals surface area contributed by atoms with Gasteiger partial charge < -0.3 is 9.32 Å². The Labute approximate surface area is 131 Å². The van der Waals surface area contributed by atoms with Gasteiger partial charge in [0.05, 0.1) is 5.39 Å². The average Bonchev–Trinajstić information content (AvgIpc) is 2.54. The minimum atomic E-state index is -0.654. The zero-order valence-corrected chi connectivity index (χ0v) is 12.5. The first kappa shape index (κ1) is 15.0. The molecule has 0 aliphatic heterocycles. The maximum atomic E-state index is 13.3. The maximum absolute atomic E-state index is 13.3. The van der Waals surface area contributed by atoms with Gasteiger partial charge in [0.15, 0.2) is 5.76 Å². The van der Waals surface area contributed by atoms with E-state index in [2.05, 4.69) is 0 Å². The second-order valence-corrected chi connectivity index (χ2v) is 5.28. The summed E-state index contributed by atoms with van der Waals surface area (Å²) >= 11 is 0. The first-order chi connectivity index (χ1) is 11.0. The second-order valence-electron chi connectivity index (χ2n) is 5.28. The van der Waals surface area contributed by atoms with Crippen molar-refractivity contribution in [1.82, 2.24) is 4.90 Å². The van der Waals surface area contributed by atoms with Crippen LogP contribution < -0.4 is 5.63 Å². The first-order valence-electron chi connectivity index (χ1n) is 7.07. The van der Waals surface area contributed by atoms with E-state index in [-0.39, 0.29) is 11.1 Å². The topological polar surface area (TPSA) is 50.5 Å². The fourth-order valence-corrected chi connectivity index (χ4v) is 2.39. The number of amides is 1. The Morgan fingerprint density at radius 3 is 2.61 bits per heavy atom. The van der Waals surface area contributed by atoms with Gasteiger partial charge in [-0.05, 0) is 35.2 Å². The summed E-state index contributed by atoms with van der Waals surface area (Å²) in [5.74, 6) is -1.01. The molecule has 1 aromatic heterocycles. The number of nitrogens with zero attached hydrogens (tertiary/aromatic N) is 1. The number of carbonyl (C=O) groups is 1. The molecular weight excluding hydrogens is 297 g/mol. The first-order valence-corrected chi connectivity index (χ1v) is 7.07. The minimum Gasteiger partial charge on any atom is -0.417 e. The minimum absolute atomic E-state index is 0.105. The van der Waals surface area contributed by atoms with Gasteiger partial charge in [0.25, 0.3) is 5.91 Å². The van der Waals surface area contributed by atoms with Crippen LogP contribution in [0.3, 0.4) is 0 Å². The predicted octanol–water partition coefficient (Wildman–Crippen LogP) is 3.20. The van der Waals surface area contributed by atoms with Gasteiger partial charge in [-0.1, -0.05) is 30.3 Å². The van der Waals surface area contributed by atoms with Gasteiger partial charge >= 0.3 is 5.63 Å². The number of halogens is 1. The van der Waals surface area contributed by atoms with Crippen molar-refractivity contribution >= 4 is 16.7 Å². The number of benzene rings is 2. The molecule has 0 unspecified atom stereocenters. The van der Waals surface area contributed by atoms with Crippen LogP contribution in [0, 0.1) is 5.82 Å². The highest BCUT2D eigenvalue weighted by atomic mass is 19.1. The summed E-state index contributed by atoms with van der Waals surface area (Å²) in [4.78, 5) is 25.8. The van der Waals surface area contributed by atoms with Crippen molar-refractivity contribution in [2.24, 2.45) is 0 Å². The highest BCUT2D eigenvalue weighted by molar-refractivity contribution is 5.95. The largest absolute Gasteiger partial charge is 0.417 e. The van der Waals surface area contributed by atoms with Crippen LogP contribution in [0.2, 0.25) is 0 Å². The van der Waals surface area contributed by atoms with Crippen molar-refractivity contribution in [3.63, 3.8) is 0 Å². The molecule has 0 radical (unpaired) electrons. The Balaban J connectivity index is 1.93. The molecule has 3 aromatic rings. The van der Waals surface area contributed by atoms with Crippen molar-refractivity contribution in [2.75, 3.05) is 7.05 Å². The second kappa shape index (κ2) is 6.04. The molecule has 0 atom stereocenters. The van der Waals surface area contributed by atoms with Crippen LogP contribution in [0.5, 0.6) is 0 Å². The van der Waals surface area contributed by atoms with E-state index in [0.717, 1.165) is 5.56 Å². The van der Waals surface area contributed by atoms with Crippen molar-refractivity contribution in [3.8, 4) is 0 Å². The lowest BCUT2D eigenvalue weighted by Gasteiger charge is -2.16. The van der Waals surface area contributed by atoms with E-state index in [1.54, 1.807) is 7.05 Å². The molecule has 0 fully saturated rings. The van der Waals surface area contributed by atoms with Crippen LogP contribution in [-0.4, -0.2) is 17.9 Å². The number of rotatable bonds is 3. The monoisotopic (exact) mass is 311 g/mol. The van der Waals surface area contributed by atoms with E-state index in [4.69, 9.17) is 4.42 Å². The molecule has 3 rings (SSSR count). The maximum Gasteiger partial charge on any atom is 0.344 e. The molecular formula is C18H14FNO3. The quantitative estimate of drug-likeness (QED) is 0.746. The van der Waals surface area contributed by atoms with Gasteiger partial charge in [0.1, 0.15) is 5.82 Å². The van der Waals surface area contributed by atoms with E-state index in [0.29, 0.717) is 11.9 Å². The van der Waals surface area contributed by atoms with Crippen molar-refractivity contribution in [1.29, 1.82) is 0 Å². The number of carbonyl (C=O) groups excluding carboxylic acids is 1. The fourth-order valence-electron chi connectivity index (χ4n) is 2.39. The Morgan fingerprint density at radius 2 is 1.87 bits per heavy atom. The number of hydrogen-bond donors (Lipinski definition) is 0. The summed E-state index contributed by atoms with van der Waals surface area (Å²) < 4.78 is 18.4. The lowest BCUT2D eigenvalue weighted by Crippen LogP contribution is -2.27. The molecule has 0 spiro atoms. The summed E-state index contributed by atoms with van der Waals surface area (Å²) in [5.41, 5.74) is 0.302. The molecule has 2 aromatic carbocycles. The molecule has 0 saturated carbocycles. The normalized spacial score (nSPS) is 10.7. The molecule has 0 N–H and O–H groups in total. The van der Waals surface area contributed by atoms with Gasteiger partial charge in [-0.2, -0.15) is 0 Å². The SMILES string of the molecule is CN(Cc1ccccc1)C(=O)c1cc2cc(F)ccc2c(=O)o1. The Hall–Kier alpha value is -2.95. The summed E-state index contributed by atoms with van der Waals surface area (Å²) in [7, 11) is 1.62. The molecule has 4 nitrogen and oxygen atoms in total. The van der Waals surface area contributed by atoms with E-state index >= 15 is 0 Å². The molecule has 0 bridgehead atoms. The van der Waals surface area contributed by atoms with Crippen LogP contribution in [0.25, 0.3) is 10.8 Å². The highest BCUT2D eigenvalue weighted by Crippen LogP contribution is 2.15. The van der Waals surface area contributed by atoms with Gasteiger partial charge in [-0.15, -0.1) is 0 Å². The predicted molar refractivity (Wildman–Crippen MR) is 84.7 cm³/mol. The van der Waals surface area contributed by atoms with Crippen molar-refractivity contribution in [2.45, 2.75) is 6.54 Å². The standard InChI is InChI=1S/C18H14FNO3/c1-20(11-12-5-3-2-4-6-12)17(21)16-10-13-9-14(19)7-8-15(13)18(22)23-16/h2-10H,11H2,1H3. The molecule has 1 heterocycles. The average molecular weight is 311 g/mol. The van der Waals surface area contributed by atoms with Crippen LogP contribution in [0.15, 0.2) is 63.8 Å². The fraction of sp³-hybridized carbons (Fsp3) is 0.111. The molecule has 0 saturated heterocycles. The van der Waals surface area contributed by atoms with E-state index in [1.165, 1.54) is 29.2 Å². The summed E-state index contributed by atoms with van der Waals surface area (Å²) in [6.07, 6.45) is 0. The summed E-state index contributed by atoms with van der Waals surface area (Å²) in [6, 6.07) is 14.6. The molecule has 0 aliphatic carbocycles. The molecule has 1 amide bonds. The van der Waals surface area contributed by atoms with Crippen LogP contribution in [0.4, 0.5) is 4.39 Å². The lowest BCUT2D eigenvalue weighted by molar-refractivity contribution is 0.0749. The van der Waals surface area contributed by atoms with E-state index in [9.17, 15) is 14.0 Å². The third kappa shape index (κ3) is 3.13. The van der Waals surface area contributed by atoms with Crippen LogP contribution >= 0.6 is 0 Å². The third-order valence-electron chi connectivity index (χ3n) is 3.54. The van der Waals surface area contributed by atoms with Crippen LogP contribution in [0.1, 0.15) is 16.1 Å². The smallest absolute Gasteiger partial charge is 0.344 e. The van der Waals surface area contributed by atoms with E-state index in [1.807, 2.05) is 30.3 Å². The molecule has 23 heavy (non-hydrogen) atoms. The zero-order valence-electron chi connectivity index (χ0n) is 12.5. The molecule has 116 valence electrons. The third-order valence-corrected chi connectivity index (χ3v) is 3.54. The van der Waals surface area contributed by atoms with Gasteiger partial charge in [-0.25, -0.2) is 9.18 Å². The van der Waals surface area contributed by atoms with Crippen LogP contribution in [-0.2, 0) is 6.54 Å². The summed E-state index contributed by atoms with van der Waals surface area (Å²) in [6.45, 7) is 0.380. The Morgan fingerprint density at radius 1 is 1.13 bits per heavy atom. The summed E-state index contributed by atoms with van der Waals surface area (Å²) in [5, 5.41) is 0.589. The Bertz CT molecular complexity index is 918. The highest BCUT2D eigenvalue weighted by Gasteiger charge is 2.17. The van der Waals surface area contributed by atoms with Crippen molar-refractivity contribution in [3.05, 3.63) is 82.2 Å². The Kier molecular flexibility index (Phi) is 3.93. The van der Waals surface area contributed by atoms with E-state index < -0.39 is 17.3 Å². The number of hydrogen-bond acceptors (Lipinski definition) is 3. The molecule has 5 heteroatoms. The lowest BCUT2D eigenvalue weighted by atomic mass is 10.1. The van der Waals surface area contributed by atoms with Crippen molar-refractivity contribution < 1.29 is 13.6 Å². The number of fused-ring (bicyclic) bond motifs is 1. The zero-order chi connectivity index (χ0) is 16.4. The van der Waals surface area contributed by atoms with Gasteiger partial charge in [-0.3, -0.25) is 4.79 Å².